The van der Waals surface area contributed by atoms with Crippen molar-refractivity contribution in [1.29, 1.82) is 0 Å². The first-order chi connectivity index (χ1) is 10.9. The second-order valence-corrected chi connectivity index (χ2v) is 7.13. The Morgan fingerprint density at radius 3 is 1.41 bits per heavy atom. The molecule has 4 aromatic rings. The Morgan fingerprint density at radius 2 is 0.909 bits per heavy atom. The molecule has 2 aliphatic rings. The van der Waals surface area contributed by atoms with Crippen LogP contribution in [0.5, 0.6) is 0 Å². The highest BCUT2D eigenvalue weighted by Crippen LogP contribution is 2.46. The van der Waals surface area contributed by atoms with Gasteiger partial charge in [-0.25, -0.2) is 0 Å². The lowest BCUT2D eigenvalue weighted by Crippen LogP contribution is -2.11. The Hall–Kier alpha value is -2.08. The van der Waals surface area contributed by atoms with E-state index in [1.54, 1.807) is 43.8 Å². The third kappa shape index (κ3) is 1.22. The van der Waals surface area contributed by atoms with Gasteiger partial charge >= 0.3 is 0 Å². The first-order valence-electron chi connectivity index (χ1n) is 8.65. The second kappa shape index (κ2) is 3.81. The van der Waals surface area contributed by atoms with Crippen molar-refractivity contribution in [2.75, 3.05) is 0 Å². The Balaban J connectivity index is 2.04. The van der Waals surface area contributed by atoms with Crippen molar-refractivity contribution in [1.82, 2.24) is 0 Å². The molecule has 0 nitrogen and oxygen atoms in total. The Labute approximate surface area is 130 Å². The topological polar surface area (TPSA) is 0 Å². The molecule has 0 aromatic heterocycles. The zero-order chi connectivity index (χ0) is 14.3. The summed E-state index contributed by atoms with van der Waals surface area (Å²) in [5, 5.41) is 9.23. The van der Waals surface area contributed by atoms with Crippen LogP contribution >= 0.6 is 0 Å². The highest BCUT2D eigenvalue weighted by molar-refractivity contribution is 6.26. The Bertz CT molecular complexity index is 981. The van der Waals surface area contributed by atoms with Crippen molar-refractivity contribution in [3.05, 3.63) is 58.7 Å². The van der Waals surface area contributed by atoms with Crippen LogP contribution in [0.15, 0.2) is 36.4 Å². The highest BCUT2D eigenvalue weighted by atomic mass is 14.3. The van der Waals surface area contributed by atoms with Crippen LogP contribution < -0.4 is 0 Å². The number of benzene rings is 4. The fraction of sp³-hybridized carbons (Fsp3) is 0.273. The molecular formula is C22H18. The van der Waals surface area contributed by atoms with Crippen LogP contribution in [0, 0.1) is 0 Å². The molecule has 0 saturated heterocycles. The molecule has 2 aliphatic carbocycles. The van der Waals surface area contributed by atoms with Gasteiger partial charge in [0.05, 0.1) is 0 Å². The van der Waals surface area contributed by atoms with Crippen molar-refractivity contribution >= 4 is 32.3 Å². The van der Waals surface area contributed by atoms with Gasteiger partial charge in [0.1, 0.15) is 0 Å². The van der Waals surface area contributed by atoms with Gasteiger partial charge in [-0.3, -0.25) is 0 Å². The summed E-state index contributed by atoms with van der Waals surface area (Å²) in [6.45, 7) is 0. The van der Waals surface area contributed by atoms with Crippen LogP contribution in [0.25, 0.3) is 32.3 Å². The van der Waals surface area contributed by atoms with Gasteiger partial charge in [-0.15, -0.1) is 0 Å². The largest absolute Gasteiger partial charge is 0.0578 e. The molecule has 0 atom stereocenters. The predicted octanol–water partition coefficient (Wildman–Crippen LogP) is 5.56. The van der Waals surface area contributed by atoms with Gasteiger partial charge in [0.25, 0.3) is 0 Å². The van der Waals surface area contributed by atoms with Gasteiger partial charge in [-0.05, 0) is 93.1 Å². The number of fused-ring (bicyclic) bond motifs is 1. The molecule has 0 aliphatic heterocycles. The van der Waals surface area contributed by atoms with Gasteiger partial charge in [0, 0.05) is 0 Å². The monoisotopic (exact) mass is 282 g/mol. The third-order valence-corrected chi connectivity index (χ3v) is 6.05. The van der Waals surface area contributed by atoms with E-state index in [1.165, 1.54) is 49.3 Å². The third-order valence-electron chi connectivity index (χ3n) is 6.05. The normalized spacial score (nSPS) is 16.9. The molecule has 0 heterocycles. The fourth-order valence-electron chi connectivity index (χ4n) is 5.19. The van der Waals surface area contributed by atoms with Crippen LogP contribution in [0.4, 0.5) is 0 Å². The second-order valence-electron chi connectivity index (χ2n) is 7.13. The number of aryl methyl sites for hydroxylation is 4. The van der Waals surface area contributed by atoms with E-state index in [1.807, 2.05) is 0 Å². The molecule has 6 rings (SSSR count). The Morgan fingerprint density at radius 1 is 0.455 bits per heavy atom. The van der Waals surface area contributed by atoms with E-state index in [0.717, 1.165) is 0 Å². The molecule has 0 bridgehead atoms. The van der Waals surface area contributed by atoms with Crippen molar-refractivity contribution < 1.29 is 0 Å². The minimum absolute atomic E-state index is 1.26. The van der Waals surface area contributed by atoms with E-state index in [0.29, 0.717) is 0 Å². The first kappa shape index (κ1) is 11.5. The summed E-state index contributed by atoms with van der Waals surface area (Å²) in [6.07, 6.45) is 7.73. The number of hydrogen-bond donors (Lipinski definition) is 0. The maximum absolute atomic E-state index is 2.39. The van der Waals surface area contributed by atoms with Gasteiger partial charge < -0.3 is 0 Å². The average molecular weight is 282 g/mol. The molecule has 106 valence electrons. The summed E-state index contributed by atoms with van der Waals surface area (Å²) in [5.41, 5.74) is 6.57. The van der Waals surface area contributed by atoms with E-state index < -0.39 is 0 Å². The van der Waals surface area contributed by atoms with Crippen molar-refractivity contribution in [2.24, 2.45) is 0 Å². The summed E-state index contributed by atoms with van der Waals surface area (Å²) < 4.78 is 0. The highest BCUT2D eigenvalue weighted by Gasteiger charge is 2.25. The first-order valence-corrected chi connectivity index (χ1v) is 8.65. The number of hydrogen-bond acceptors (Lipinski definition) is 0. The maximum atomic E-state index is 2.39. The minimum atomic E-state index is 1.26. The molecule has 0 heteroatoms. The molecular weight excluding hydrogens is 264 g/mol. The lowest BCUT2D eigenvalue weighted by atomic mass is 9.76. The molecule has 0 fully saturated rings. The fourth-order valence-corrected chi connectivity index (χ4v) is 5.19. The van der Waals surface area contributed by atoms with E-state index >= 15 is 0 Å². The van der Waals surface area contributed by atoms with Gasteiger partial charge in [-0.1, -0.05) is 36.4 Å². The Kier molecular flexibility index (Phi) is 1.99. The molecule has 0 amide bonds. The average Bonchev–Trinajstić information content (AvgIpc) is 2.59. The van der Waals surface area contributed by atoms with Crippen LogP contribution in [0.1, 0.15) is 35.1 Å². The summed E-state index contributed by atoms with van der Waals surface area (Å²) in [6, 6.07) is 14.1. The molecule has 0 saturated carbocycles. The smallest absolute Gasteiger partial charge is 0.00210 e. The SMILES string of the molecule is c1cc2ccc3ccc4c5c(c6c(c1CCC6)c2c35)CCC4. The standard InChI is InChI=1S/C22H18/c1-3-13-7-9-15-11-12-16-10-8-14-4-2-6-18-17(5-1)19(13)21(15)22(16)20(14)18/h7-12H,1-6H2. The molecule has 4 aromatic carbocycles. The molecule has 0 radical (unpaired) electrons. The molecule has 0 unspecified atom stereocenters. The van der Waals surface area contributed by atoms with Gasteiger partial charge in [0.15, 0.2) is 0 Å². The van der Waals surface area contributed by atoms with Crippen LogP contribution in [-0.2, 0) is 25.7 Å². The number of rotatable bonds is 0. The minimum Gasteiger partial charge on any atom is -0.0578 e. The van der Waals surface area contributed by atoms with Crippen LogP contribution in [0.2, 0.25) is 0 Å². The lowest BCUT2D eigenvalue weighted by Gasteiger charge is -2.28. The predicted molar refractivity (Wildman–Crippen MR) is 94.2 cm³/mol. The summed E-state index contributed by atoms with van der Waals surface area (Å²) in [7, 11) is 0. The van der Waals surface area contributed by atoms with Gasteiger partial charge in [0.2, 0.25) is 0 Å². The zero-order valence-corrected chi connectivity index (χ0v) is 12.7. The molecule has 0 N–H and O–H groups in total. The van der Waals surface area contributed by atoms with Crippen molar-refractivity contribution in [2.45, 2.75) is 38.5 Å². The van der Waals surface area contributed by atoms with E-state index in [-0.39, 0.29) is 0 Å². The van der Waals surface area contributed by atoms with E-state index in [4.69, 9.17) is 0 Å². The van der Waals surface area contributed by atoms with Crippen LogP contribution in [-0.4, -0.2) is 0 Å². The maximum Gasteiger partial charge on any atom is -0.00210 e. The summed E-state index contributed by atoms with van der Waals surface area (Å²) in [5.74, 6) is 0. The van der Waals surface area contributed by atoms with Crippen LogP contribution in [0.3, 0.4) is 0 Å². The molecule has 0 spiro atoms. The molecule has 22 heavy (non-hydrogen) atoms. The lowest BCUT2D eigenvalue weighted by molar-refractivity contribution is 0.765. The van der Waals surface area contributed by atoms with E-state index in [2.05, 4.69) is 36.4 Å². The van der Waals surface area contributed by atoms with Gasteiger partial charge in [-0.2, -0.15) is 0 Å². The summed E-state index contributed by atoms with van der Waals surface area (Å²) in [4.78, 5) is 0. The van der Waals surface area contributed by atoms with E-state index in [9.17, 15) is 0 Å². The quantitative estimate of drug-likeness (QED) is 0.370. The van der Waals surface area contributed by atoms with Crippen molar-refractivity contribution in [3.63, 3.8) is 0 Å². The van der Waals surface area contributed by atoms with Crippen molar-refractivity contribution in [3.8, 4) is 0 Å². The summed E-state index contributed by atoms with van der Waals surface area (Å²) >= 11 is 0. The zero-order valence-electron chi connectivity index (χ0n) is 12.7.